The molecule has 0 aliphatic heterocycles. The minimum absolute atomic E-state index is 0.0420. The number of benzene rings is 3. The van der Waals surface area contributed by atoms with Crippen molar-refractivity contribution >= 4 is 26.6 Å². The van der Waals surface area contributed by atoms with Crippen LogP contribution in [0.25, 0.3) is 22.3 Å². The van der Waals surface area contributed by atoms with Crippen molar-refractivity contribution in [2.24, 2.45) is 0 Å². The molecule has 212 valence electrons. The number of fused-ring (bicyclic) bond motifs is 1. The number of nitrogens with zero attached hydrogens (tertiary/aromatic N) is 4. The van der Waals surface area contributed by atoms with E-state index in [2.05, 4.69) is 19.8 Å². The van der Waals surface area contributed by atoms with Gasteiger partial charge in [0.15, 0.2) is 10.9 Å². The highest BCUT2D eigenvalue weighted by molar-refractivity contribution is 7.92. The predicted octanol–water partition coefficient (Wildman–Crippen LogP) is 6.15. The highest BCUT2D eigenvalue weighted by Gasteiger charge is 2.30. The molecule has 3 aromatic carbocycles. The number of aromatic nitrogens is 4. The van der Waals surface area contributed by atoms with E-state index in [-0.39, 0.29) is 23.6 Å². The van der Waals surface area contributed by atoms with Gasteiger partial charge in [-0.2, -0.15) is 26.7 Å². The van der Waals surface area contributed by atoms with Crippen LogP contribution in [0.5, 0.6) is 0 Å². The minimum atomic E-state index is -4.46. The number of aryl methyl sites for hydroxylation is 2. The summed E-state index contributed by atoms with van der Waals surface area (Å²) in [7, 11) is -3.99. The lowest BCUT2D eigenvalue weighted by molar-refractivity contribution is -0.137. The molecule has 0 radical (unpaired) electrons. The molecule has 0 unspecified atom stereocenters. The van der Waals surface area contributed by atoms with Gasteiger partial charge in [0, 0.05) is 22.7 Å². The largest absolute Gasteiger partial charge is 0.416 e. The maximum atomic E-state index is 13.4. The number of alkyl halides is 3. The molecule has 0 atom stereocenters. The molecule has 41 heavy (non-hydrogen) atoms. The molecule has 0 saturated heterocycles. The summed E-state index contributed by atoms with van der Waals surface area (Å²) in [4.78, 5) is 8.62. The third-order valence-electron chi connectivity index (χ3n) is 6.41. The molecule has 2 heterocycles. The van der Waals surface area contributed by atoms with Crippen molar-refractivity contribution < 1.29 is 26.3 Å². The molecule has 0 aliphatic carbocycles. The summed E-state index contributed by atoms with van der Waals surface area (Å²) in [5.41, 5.74) is 2.65. The fraction of sp³-hybridized carbons (Fsp3) is 0.207. The van der Waals surface area contributed by atoms with Crippen LogP contribution in [0.3, 0.4) is 0 Å². The van der Waals surface area contributed by atoms with Gasteiger partial charge in [-0.25, -0.2) is 14.6 Å². The molecule has 0 saturated carbocycles. The van der Waals surface area contributed by atoms with Crippen molar-refractivity contribution in [1.82, 2.24) is 19.7 Å². The standard InChI is InChI=1S/C29H26F3N5O3S/c1-19-14-22(27-33-17-23-15-24(29(30,31)32)9-11-26(23)35-27)8-10-25(19)36-41(38,39)28-20(2)16-34-37(28)12-13-40-18-21-6-4-3-5-7-21/h3-11,14-17,36H,12-13,18H2,1-2H3. The van der Waals surface area contributed by atoms with E-state index in [4.69, 9.17) is 4.74 Å². The topological polar surface area (TPSA) is 99.0 Å². The number of hydrogen-bond acceptors (Lipinski definition) is 6. The lowest BCUT2D eigenvalue weighted by atomic mass is 10.1. The number of anilines is 1. The fourth-order valence-electron chi connectivity index (χ4n) is 4.35. The van der Waals surface area contributed by atoms with E-state index >= 15 is 0 Å². The van der Waals surface area contributed by atoms with Gasteiger partial charge in [-0.15, -0.1) is 0 Å². The molecule has 0 spiro atoms. The molecule has 12 heteroatoms. The smallest absolute Gasteiger partial charge is 0.375 e. The average molecular weight is 582 g/mol. The van der Waals surface area contributed by atoms with Gasteiger partial charge in [0.2, 0.25) is 0 Å². The van der Waals surface area contributed by atoms with E-state index < -0.39 is 21.8 Å². The van der Waals surface area contributed by atoms with E-state index in [1.165, 1.54) is 23.1 Å². The van der Waals surface area contributed by atoms with Crippen molar-refractivity contribution in [3.8, 4) is 11.4 Å². The average Bonchev–Trinajstić information content (AvgIpc) is 3.32. The van der Waals surface area contributed by atoms with E-state index in [1.807, 2.05) is 30.3 Å². The second-order valence-electron chi connectivity index (χ2n) is 9.49. The van der Waals surface area contributed by atoms with Crippen LogP contribution in [0.2, 0.25) is 0 Å². The summed E-state index contributed by atoms with van der Waals surface area (Å²) in [6, 6.07) is 17.9. The molecule has 0 aliphatic rings. The summed E-state index contributed by atoms with van der Waals surface area (Å²) >= 11 is 0. The zero-order chi connectivity index (χ0) is 29.2. The first kappa shape index (κ1) is 28.2. The molecule has 1 N–H and O–H groups in total. The Bertz CT molecular complexity index is 1810. The van der Waals surface area contributed by atoms with Gasteiger partial charge in [0.1, 0.15) is 0 Å². The number of sulfonamides is 1. The lowest BCUT2D eigenvalue weighted by Crippen LogP contribution is -2.21. The highest BCUT2D eigenvalue weighted by Crippen LogP contribution is 2.32. The summed E-state index contributed by atoms with van der Waals surface area (Å²) in [5.74, 6) is 0.305. The Morgan fingerprint density at radius 1 is 0.951 bits per heavy atom. The van der Waals surface area contributed by atoms with Crippen molar-refractivity contribution in [3.63, 3.8) is 0 Å². The zero-order valence-electron chi connectivity index (χ0n) is 22.2. The molecule has 2 aromatic heterocycles. The molecule has 5 aromatic rings. The van der Waals surface area contributed by atoms with Crippen molar-refractivity contribution in [2.45, 2.75) is 38.2 Å². The fourth-order valence-corrected chi connectivity index (χ4v) is 5.86. The summed E-state index contributed by atoms with van der Waals surface area (Å²) in [6.07, 6.45) is -1.62. The Morgan fingerprint density at radius 3 is 2.46 bits per heavy atom. The van der Waals surface area contributed by atoms with Crippen LogP contribution in [-0.4, -0.2) is 34.8 Å². The predicted molar refractivity (Wildman–Crippen MR) is 149 cm³/mol. The molecular formula is C29H26F3N5O3S. The molecular weight excluding hydrogens is 555 g/mol. The van der Waals surface area contributed by atoms with Crippen LogP contribution >= 0.6 is 0 Å². The number of nitrogens with one attached hydrogen (secondary N) is 1. The van der Waals surface area contributed by atoms with Gasteiger partial charge >= 0.3 is 6.18 Å². The van der Waals surface area contributed by atoms with Gasteiger partial charge in [0.25, 0.3) is 10.0 Å². The highest BCUT2D eigenvalue weighted by atomic mass is 32.2. The van der Waals surface area contributed by atoms with E-state index in [1.54, 1.807) is 32.0 Å². The number of hydrogen-bond donors (Lipinski definition) is 1. The first-order valence-corrected chi connectivity index (χ1v) is 14.1. The van der Waals surface area contributed by atoms with Crippen LogP contribution in [0, 0.1) is 13.8 Å². The van der Waals surface area contributed by atoms with E-state index in [0.717, 1.165) is 17.7 Å². The Kier molecular flexibility index (Phi) is 7.78. The zero-order valence-corrected chi connectivity index (χ0v) is 23.0. The summed E-state index contributed by atoms with van der Waals surface area (Å²) in [6.45, 7) is 4.34. The van der Waals surface area contributed by atoms with Gasteiger partial charge in [-0.3, -0.25) is 4.72 Å². The van der Waals surface area contributed by atoms with Gasteiger partial charge < -0.3 is 4.74 Å². The second kappa shape index (κ2) is 11.3. The molecule has 0 fully saturated rings. The van der Waals surface area contributed by atoms with Crippen LogP contribution in [0.1, 0.15) is 22.3 Å². The monoisotopic (exact) mass is 581 g/mol. The van der Waals surface area contributed by atoms with Gasteiger partial charge in [0.05, 0.1) is 42.7 Å². The van der Waals surface area contributed by atoms with Gasteiger partial charge in [-0.1, -0.05) is 30.3 Å². The second-order valence-corrected chi connectivity index (χ2v) is 11.1. The number of rotatable bonds is 9. The molecule has 0 amide bonds. The van der Waals surface area contributed by atoms with E-state index in [9.17, 15) is 21.6 Å². The molecule has 5 rings (SSSR count). The Morgan fingerprint density at radius 2 is 1.73 bits per heavy atom. The maximum Gasteiger partial charge on any atom is 0.416 e. The quantitative estimate of drug-likeness (QED) is 0.210. The Balaban J connectivity index is 1.31. The number of halogens is 3. The minimum Gasteiger partial charge on any atom is -0.375 e. The third kappa shape index (κ3) is 6.39. The van der Waals surface area contributed by atoms with E-state index in [0.29, 0.717) is 40.3 Å². The Hall–Kier alpha value is -4.29. The first-order valence-electron chi connectivity index (χ1n) is 12.6. The number of ether oxygens (including phenoxy) is 1. The van der Waals surface area contributed by atoms with Crippen molar-refractivity contribution in [3.05, 3.63) is 101 Å². The third-order valence-corrected chi connectivity index (χ3v) is 7.94. The van der Waals surface area contributed by atoms with Crippen LogP contribution < -0.4 is 4.72 Å². The lowest BCUT2D eigenvalue weighted by Gasteiger charge is -2.14. The maximum absolute atomic E-state index is 13.4. The summed E-state index contributed by atoms with van der Waals surface area (Å²) in [5, 5.41) is 4.53. The first-order chi connectivity index (χ1) is 19.5. The normalized spacial score (nSPS) is 12.1. The van der Waals surface area contributed by atoms with Crippen LogP contribution in [-0.2, 0) is 34.1 Å². The van der Waals surface area contributed by atoms with Crippen LogP contribution in [0.4, 0.5) is 18.9 Å². The van der Waals surface area contributed by atoms with Crippen LogP contribution in [0.15, 0.2) is 84.1 Å². The van der Waals surface area contributed by atoms with Crippen molar-refractivity contribution in [1.29, 1.82) is 0 Å². The molecule has 8 nitrogen and oxygen atoms in total. The van der Waals surface area contributed by atoms with Gasteiger partial charge in [-0.05, 0) is 61.4 Å². The SMILES string of the molecule is Cc1cc(-c2ncc3cc(C(F)(F)F)ccc3n2)ccc1NS(=O)(=O)c1c(C)cnn1CCOCc1ccccc1. The summed E-state index contributed by atoms with van der Waals surface area (Å²) < 4.78 is 75.6. The van der Waals surface area contributed by atoms with Crippen molar-refractivity contribution in [2.75, 3.05) is 11.3 Å². The molecule has 0 bridgehead atoms. The Labute approximate surface area is 234 Å².